The molecule has 0 aliphatic rings. The summed E-state index contributed by atoms with van der Waals surface area (Å²) in [5.74, 6) is 5.09. The van der Waals surface area contributed by atoms with Gasteiger partial charge in [0, 0.05) is 0 Å². The van der Waals surface area contributed by atoms with E-state index in [9.17, 15) is 0 Å². The number of rotatable bonds is 8. The van der Waals surface area contributed by atoms with Gasteiger partial charge in [-0.25, -0.2) is 0 Å². The molecule has 0 atom stereocenters. The van der Waals surface area contributed by atoms with Crippen molar-refractivity contribution in [3.05, 3.63) is 139 Å². The topological polar surface area (TPSA) is 0 Å². The lowest BCUT2D eigenvalue weighted by Gasteiger charge is -2.17. The molecule has 0 aliphatic heterocycles. The summed E-state index contributed by atoms with van der Waals surface area (Å²) < 4.78 is 0. The van der Waals surface area contributed by atoms with Gasteiger partial charge in [-0.15, -0.1) is 0 Å². The van der Waals surface area contributed by atoms with Gasteiger partial charge in [0.15, 0.2) is 0 Å². The van der Waals surface area contributed by atoms with E-state index in [-0.39, 0.29) is 7.43 Å². The standard InChI is InChI=1S/2C14H22.2C13H20.CH4/c1-9(2)13-7-12(6)14(10(3)4)8-11(13)5;1-9(2)13-7-8-14(10(3)4)12(6)11(13)5;2*1-9(2)12-6-7-13(10(3)4)11(5)8-12;/h2*7-10H,1-6H3;2*6-10H,1-5H3;1H4. The zero-order valence-electron chi connectivity index (χ0n) is 39.4. The van der Waals surface area contributed by atoms with Crippen LogP contribution in [0, 0.1) is 41.5 Å². The van der Waals surface area contributed by atoms with Crippen LogP contribution in [0.2, 0.25) is 0 Å². The van der Waals surface area contributed by atoms with Crippen molar-refractivity contribution in [1.82, 2.24) is 0 Å². The highest BCUT2D eigenvalue weighted by Crippen LogP contribution is 2.29. The first-order valence-corrected chi connectivity index (χ1v) is 21.3. The maximum Gasteiger partial charge on any atom is -0.0216 e. The first kappa shape index (κ1) is 51.9. The fraction of sp³-hybridized carbons (Fsp3) is 0.564. The first-order valence-electron chi connectivity index (χ1n) is 21.3. The van der Waals surface area contributed by atoms with Gasteiger partial charge in [-0.1, -0.05) is 179 Å². The predicted molar refractivity (Wildman–Crippen MR) is 254 cm³/mol. The molecule has 4 aromatic carbocycles. The normalized spacial score (nSPS) is 11.2. The second-order valence-corrected chi connectivity index (χ2v) is 18.5. The zero-order chi connectivity index (χ0) is 41.8. The summed E-state index contributed by atoms with van der Waals surface area (Å²) in [6.07, 6.45) is 0. The van der Waals surface area contributed by atoms with E-state index < -0.39 is 0 Å². The van der Waals surface area contributed by atoms with E-state index in [0.29, 0.717) is 47.3 Å². The minimum absolute atomic E-state index is 0. The molecular formula is C55H88. The molecule has 0 heterocycles. The van der Waals surface area contributed by atoms with Gasteiger partial charge >= 0.3 is 0 Å². The molecule has 0 aromatic heterocycles. The molecule has 0 N–H and O–H groups in total. The molecule has 4 rings (SSSR count). The molecule has 0 fully saturated rings. The van der Waals surface area contributed by atoms with Crippen molar-refractivity contribution in [1.29, 1.82) is 0 Å². The minimum Gasteiger partial charge on any atom is -0.0776 e. The number of benzene rings is 4. The number of hydrogen-bond acceptors (Lipinski definition) is 0. The van der Waals surface area contributed by atoms with Crippen LogP contribution in [0.25, 0.3) is 0 Å². The summed E-state index contributed by atoms with van der Waals surface area (Å²) in [5, 5.41) is 0. The van der Waals surface area contributed by atoms with Crippen molar-refractivity contribution in [2.24, 2.45) is 0 Å². The smallest absolute Gasteiger partial charge is 0.0216 e. The Kier molecular flexibility index (Phi) is 22.5. The van der Waals surface area contributed by atoms with Crippen LogP contribution >= 0.6 is 0 Å². The van der Waals surface area contributed by atoms with Crippen molar-refractivity contribution in [2.75, 3.05) is 0 Å². The van der Waals surface area contributed by atoms with Crippen LogP contribution < -0.4 is 0 Å². The average molecular weight is 749 g/mol. The quantitative estimate of drug-likeness (QED) is 0.168. The lowest BCUT2D eigenvalue weighted by molar-refractivity contribution is 0.825. The van der Waals surface area contributed by atoms with Gasteiger partial charge in [-0.2, -0.15) is 0 Å². The Hall–Kier alpha value is -3.12. The minimum atomic E-state index is 0. The Bertz CT molecular complexity index is 1580. The molecule has 0 unspecified atom stereocenters. The second kappa shape index (κ2) is 23.8. The lowest BCUT2D eigenvalue weighted by atomic mass is 9.88. The first-order chi connectivity index (χ1) is 24.9. The van der Waals surface area contributed by atoms with Crippen LogP contribution in [0.1, 0.15) is 243 Å². The van der Waals surface area contributed by atoms with Gasteiger partial charge in [-0.05, 0) is 167 Å². The van der Waals surface area contributed by atoms with Gasteiger partial charge < -0.3 is 0 Å². The average Bonchev–Trinajstić information content (AvgIpc) is 3.06. The Morgan fingerprint density at radius 2 is 0.473 bits per heavy atom. The van der Waals surface area contributed by atoms with Crippen LogP contribution in [0.15, 0.2) is 60.7 Å². The summed E-state index contributed by atoms with van der Waals surface area (Å²) in [4.78, 5) is 0. The van der Waals surface area contributed by atoms with E-state index in [2.05, 4.69) is 213 Å². The predicted octanol–water partition coefficient (Wildman–Crippen LogP) is 18.2. The number of hydrogen-bond donors (Lipinski definition) is 0. The third-order valence-electron chi connectivity index (χ3n) is 11.2. The molecule has 308 valence electrons. The van der Waals surface area contributed by atoms with E-state index in [4.69, 9.17) is 0 Å². The molecular weight excluding hydrogens is 661 g/mol. The van der Waals surface area contributed by atoms with E-state index >= 15 is 0 Å². The molecule has 0 radical (unpaired) electrons. The molecule has 0 saturated heterocycles. The van der Waals surface area contributed by atoms with Crippen LogP contribution in [0.5, 0.6) is 0 Å². The Balaban J connectivity index is 0.000000703. The SMILES string of the molecule is C.Cc1c(C(C)C)ccc(C(C)C)c1C.Cc1cc(C(C)C)c(C)cc1C(C)C.Cc1cc(C(C)C)ccc1C(C)C.Cc1cc(C(C)C)ccc1C(C)C. The maximum absolute atomic E-state index is 2.36. The Morgan fingerprint density at radius 1 is 0.255 bits per heavy atom. The summed E-state index contributed by atoms with van der Waals surface area (Å²) in [6, 6.07) is 23.0. The molecule has 0 amide bonds. The van der Waals surface area contributed by atoms with Gasteiger partial charge in [0.1, 0.15) is 0 Å². The molecule has 0 aliphatic carbocycles. The van der Waals surface area contributed by atoms with E-state index in [0.717, 1.165) is 0 Å². The number of aryl methyl sites for hydroxylation is 4. The monoisotopic (exact) mass is 749 g/mol. The molecule has 4 aromatic rings. The van der Waals surface area contributed by atoms with Crippen LogP contribution in [-0.2, 0) is 0 Å². The van der Waals surface area contributed by atoms with Crippen molar-refractivity contribution in [3.8, 4) is 0 Å². The molecule has 0 saturated carbocycles. The summed E-state index contributed by atoms with van der Waals surface area (Å²) in [6.45, 7) is 49.4. The largest absolute Gasteiger partial charge is 0.0776 e. The molecule has 0 heteroatoms. The lowest BCUT2D eigenvalue weighted by Crippen LogP contribution is -2.00. The molecule has 0 spiro atoms. The molecule has 0 nitrogen and oxygen atoms in total. The van der Waals surface area contributed by atoms with Crippen LogP contribution in [-0.4, -0.2) is 0 Å². The fourth-order valence-corrected chi connectivity index (χ4v) is 7.63. The molecule has 55 heavy (non-hydrogen) atoms. The van der Waals surface area contributed by atoms with Crippen LogP contribution in [0.3, 0.4) is 0 Å². The summed E-state index contributed by atoms with van der Waals surface area (Å²) in [7, 11) is 0. The van der Waals surface area contributed by atoms with E-state index in [1.54, 1.807) is 0 Å². The van der Waals surface area contributed by atoms with Crippen LogP contribution in [0.4, 0.5) is 0 Å². The highest BCUT2D eigenvalue weighted by molar-refractivity contribution is 5.42. The van der Waals surface area contributed by atoms with E-state index in [1.165, 1.54) is 77.9 Å². The van der Waals surface area contributed by atoms with E-state index in [1.807, 2.05) is 0 Å². The third-order valence-corrected chi connectivity index (χ3v) is 11.2. The molecule has 0 bridgehead atoms. The highest BCUT2D eigenvalue weighted by atomic mass is 14.2. The Labute approximate surface area is 344 Å². The van der Waals surface area contributed by atoms with Gasteiger partial charge in [0.25, 0.3) is 0 Å². The van der Waals surface area contributed by atoms with Gasteiger partial charge in [-0.3, -0.25) is 0 Å². The van der Waals surface area contributed by atoms with Crippen molar-refractivity contribution in [2.45, 2.75) is 207 Å². The van der Waals surface area contributed by atoms with Gasteiger partial charge in [0.2, 0.25) is 0 Å². The second-order valence-electron chi connectivity index (χ2n) is 18.5. The maximum atomic E-state index is 2.36. The van der Waals surface area contributed by atoms with Gasteiger partial charge in [0.05, 0.1) is 0 Å². The highest BCUT2D eigenvalue weighted by Gasteiger charge is 2.12. The van der Waals surface area contributed by atoms with Crippen molar-refractivity contribution >= 4 is 0 Å². The zero-order valence-corrected chi connectivity index (χ0v) is 39.4. The van der Waals surface area contributed by atoms with Crippen molar-refractivity contribution < 1.29 is 0 Å². The Morgan fingerprint density at radius 3 is 0.673 bits per heavy atom. The summed E-state index contributed by atoms with van der Waals surface area (Å²) in [5.41, 5.74) is 20.5. The summed E-state index contributed by atoms with van der Waals surface area (Å²) >= 11 is 0. The third kappa shape index (κ3) is 15.7. The fourth-order valence-electron chi connectivity index (χ4n) is 7.63. The van der Waals surface area contributed by atoms with Crippen molar-refractivity contribution in [3.63, 3.8) is 0 Å².